The van der Waals surface area contributed by atoms with E-state index in [4.69, 9.17) is 4.74 Å². The van der Waals surface area contributed by atoms with Crippen LogP contribution in [0, 0.1) is 13.8 Å². The number of hydrogen-bond donors (Lipinski definition) is 0. The first-order valence-electron chi connectivity index (χ1n) is 10.0. The molecule has 31 heavy (non-hydrogen) atoms. The topological polar surface area (TPSA) is 83.2 Å². The van der Waals surface area contributed by atoms with Crippen molar-refractivity contribution in [3.8, 4) is 5.69 Å². The number of carbonyl (C=O) groups is 2. The third kappa shape index (κ3) is 5.19. The summed E-state index contributed by atoms with van der Waals surface area (Å²) in [6.07, 6.45) is 1.67. The lowest BCUT2D eigenvalue weighted by molar-refractivity contribution is 0.0466. The molecule has 0 aliphatic carbocycles. The molecule has 0 N–H and O–H groups in total. The van der Waals surface area contributed by atoms with Crippen molar-refractivity contribution >= 4 is 27.7 Å². The van der Waals surface area contributed by atoms with Crippen molar-refractivity contribution < 1.29 is 14.3 Å². The number of rotatable bonds is 8. The predicted octanol–water partition coefficient (Wildman–Crippen LogP) is 4.25. The fourth-order valence-electron chi connectivity index (χ4n) is 3.37. The van der Waals surface area contributed by atoms with Crippen LogP contribution in [0.1, 0.15) is 52.0 Å². The molecule has 0 atom stereocenters. The molecule has 3 rings (SSSR count). The van der Waals surface area contributed by atoms with Crippen molar-refractivity contribution in [2.75, 3.05) is 6.61 Å². The number of nitrogens with zero attached hydrogens (tertiary/aromatic N) is 3. The molecule has 1 aromatic carbocycles. The number of aromatic nitrogens is 3. The summed E-state index contributed by atoms with van der Waals surface area (Å²) >= 11 is 3.47. The van der Waals surface area contributed by atoms with Crippen LogP contribution in [-0.2, 0) is 11.3 Å². The highest BCUT2D eigenvalue weighted by molar-refractivity contribution is 9.10. The first kappa shape index (κ1) is 22.7. The van der Waals surface area contributed by atoms with E-state index in [-0.39, 0.29) is 17.0 Å². The average molecular weight is 486 g/mol. The minimum absolute atomic E-state index is 0.00288. The van der Waals surface area contributed by atoms with Crippen molar-refractivity contribution in [2.24, 2.45) is 0 Å². The predicted molar refractivity (Wildman–Crippen MR) is 121 cm³/mol. The summed E-state index contributed by atoms with van der Waals surface area (Å²) < 4.78 is 9.35. The maximum Gasteiger partial charge on any atom is 0.359 e. The molecule has 0 spiro atoms. The SMILES string of the molecule is CCCCn1nc(C(=O)OCC(=O)c2cc(C)n(-c3cccc(Br)c3)c2C)ccc1=O. The molecule has 0 bridgehead atoms. The zero-order chi connectivity index (χ0) is 22.5. The summed E-state index contributed by atoms with van der Waals surface area (Å²) in [4.78, 5) is 37.0. The summed E-state index contributed by atoms with van der Waals surface area (Å²) in [6.45, 7) is 5.80. The van der Waals surface area contributed by atoms with Crippen molar-refractivity contribution in [2.45, 2.75) is 40.2 Å². The van der Waals surface area contributed by atoms with Crippen LogP contribution in [0.3, 0.4) is 0 Å². The van der Waals surface area contributed by atoms with Gasteiger partial charge in [0, 0.05) is 39.7 Å². The van der Waals surface area contributed by atoms with Crippen LogP contribution in [0.25, 0.3) is 5.69 Å². The molecule has 0 saturated heterocycles. The minimum Gasteiger partial charge on any atom is -0.453 e. The molecule has 162 valence electrons. The normalized spacial score (nSPS) is 10.8. The van der Waals surface area contributed by atoms with Crippen LogP contribution in [-0.4, -0.2) is 32.7 Å². The zero-order valence-electron chi connectivity index (χ0n) is 17.7. The molecule has 2 aromatic heterocycles. The Kier molecular flexibility index (Phi) is 7.22. The summed E-state index contributed by atoms with van der Waals surface area (Å²) in [5.74, 6) is -1.04. The third-order valence-corrected chi connectivity index (χ3v) is 5.42. The largest absolute Gasteiger partial charge is 0.453 e. The number of aryl methyl sites for hydroxylation is 2. The van der Waals surface area contributed by atoms with Gasteiger partial charge in [-0.25, -0.2) is 9.48 Å². The first-order chi connectivity index (χ1) is 14.8. The minimum atomic E-state index is -0.737. The van der Waals surface area contributed by atoms with Gasteiger partial charge in [0.05, 0.1) is 0 Å². The molecule has 3 aromatic rings. The van der Waals surface area contributed by atoms with Crippen LogP contribution in [0.5, 0.6) is 0 Å². The third-order valence-electron chi connectivity index (χ3n) is 4.93. The number of carbonyl (C=O) groups excluding carboxylic acids is 2. The molecular formula is C23H24BrN3O4. The second-order valence-electron chi connectivity index (χ2n) is 7.23. The van der Waals surface area contributed by atoms with Crippen molar-refractivity contribution in [3.63, 3.8) is 0 Å². The quantitative estimate of drug-likeness (QED) is 0.351. The van der Waals surface area contributed by atoms with E-state index in [1.807, 2.05) is 49.6 Å². The number of halogens is 1. The van der Waals surface area contributed by atoms with Gasteiger partial charge < -0.3 is 9.30 Å². The Hall–Kier alpha value is -3.00. The summed E-state index contributed by atoms with van der Waals surface area (Å²) in [5.41, 5.74) is 2.81. The monoisotopic (exact) mass is 485 g/mol. The van der Waals surface area contributed by atoms with Crippen LogP contribution in [0.2, 0.25) is 0 Å². The Labute approximate surface area is 188 Å². The highest BCUT2D eigenvalue weighted by atomic mass is 79.9. The summed E-state index contributed by atoms with van der Waals surface area (Å²) in [6, 6.07) is 12.2. The molecule has 0 saturated carbocycles. The average Bonchev–Trinajstić information content (AvgIpc) is 3.05. The number of hydrogen-bond acceptors (Lipinski definition) is 5. The standard InChI is InChI=1S/C23H24BrN3O4/c1-4-5-11-26-22(29)10-9-20(25-26)23(30)31-14-21(28)19-12-15(2)27(16(19)3)18-8-6-7-17(24)13-18/h6-10,12-13H,4-5,11,14H2,1-3H3. The Balaban J connectivity index is 1.74. The van der Waals surface area contributed by atoms with E-state index < -0.39 is 12.6 Å². The van der Waals surface area contributed by atoms with Gasteiger partial charge in [-0.1, -0.05) is 35.3 Å². The van der Waals surface area contributed by atoms with Crippen LogP contribution < -0.4 is 5.56 Å². The maximum atomic E-state index is 12.8. The number of benzene rings is 1. The summed E-state index contributed by atoms with van der Waals surface area (Å²) in [7, 11) is 0. The second-order valence-corrected chi connectivity index (χ2v) is 8.15. The number of ketones is 1. The molecule has 7 nitrogen and oxygen atoms in total. The van der Waals surface area contributed by atoms with Gasteiger partial charge >= 0.3 is 5.97 Å². The Morgan fingerprint density at radius 1 is 1.13 bits per heavy atom. The van der Waals surface area contributed by atoms with Crippen molar-refractivity contribution in [1.29, 1.82) is 0 Å². The number of esters is 1. The van der Waals surface area contributed by atoms with Crippen molar-refractivity contribution in [1.82, 2.24) is 14.3 Å². The highest BCUT2D eigenvalue weighted by Gasteiger charge is 2.19. The fourth-order valence-corrected chi connectivity index (χ4v) is 3.75. The Bertz CT molecular complexity index is 1180. The van der Waals surface area contributed by atoms with E-state index in [9.17, 15) is 14.4 Å². The molecule has 0 unspecified atom stereocenters. The maximum absolute atomic E-state index is 12.8. The van der Waals surface area contributed by atoms with Gasteiger partial charge in [-0.05, 0) is 50.6 Å². The van der Waals surface area contributed by atoms with Crippen LogP contribution >= 0.6 is 15.9 Å². The second kappa shape index (κ2) is 9.87. The van der Waals surface area contributed by atoms with Gasteiger partial charge in [-0.15, -0.1) is 0 Å². The molecule has 0 aliphatic heterocycles. The van der Waals surface area contributed by atoms with Gasteiger partial charge in [0.2, 0.25) is 5.78 Å². The number of ether oxygens (including phenoxy) is 1. The Morgan fingerprint density at radius 3 is 2.61 bits per heavy atom. The van der Waals surface area contributed by atoms with Crippen LogP contribution in [0.15, 0.2) is 51.7 Å². The van der Waals surface area contributed by atoms with Gasteiger partial charge in [0.15, 0.2) is 12.3 Å². The van der Waals surface area contributed by atoms with Gasteiger partial charge in [-0.3, -0.25) is 9.59 Å². The molecule has 0 radical (unpaired) electrons. The first-order valence-corrected chi connectivity index (χ1v) is 10.8. The molecule has 0 aliphatic rings. The smallest absolute Gasteiger partial charge is 0.359 e. The lowest BCUT2D eigenvalue weighted by Gasteiger charge is -2.10. The van der Waals surface area contributed by atoms with Gasteiger partial charge in [0.25, 0.3) is 5.56 Å². The number of unbranched alkanes of at least 4 members (excludes halogenated alkanes) is 1. The van der Waals surface area contributed by atoms with E-state index in [2.05, 4.69) is 21.0 Å². The highest BCUT2D eigenvalue weighted by Crippen LogP contribution is 2.23. The molecule has 0 amide bonds. The van der Waals surface area contributed by atoms with E-state index in [1.54, 1.807) is 6.07 Å². The van der Waals surface area contributed by atoms with E-state index in [0.717, 1.165) is 34.4 Å². The summed E-state index contributed by atoms with van der Waals surface area (Å²) in [5, 5.41) is 4.05. The van der Waals surface area contributed by atoms with E-state index >= 15 is 0 Å². The fraction of sp³-hybridized carbons (Fsp3) is 0.304. The zero-order valence-corrected chi connectivity index (χ0v) is 19.3. The molecular weight excluding hydrogens is 462 g/mol. The lowest BCUT2D eigenvalue weighted by Crippen LogP contribution is -2.25. The van der Waals surface area contributed by atoms with Gasteiger partial charge in [-0.2, -0.15) is 5.10 Å². The Morgan fingerprint density at radius 2 is 1.90 bits per heavy atom. The van der Waals surface area contributed by atoms with E-state index in [1.165, 1.54) is 16.8 Å². The van der Waals surface area contributed by atoms with Crippen LogP contribution in [0.4, 0.5) is 0 Å². The number of Topliss-reactive ketones (excluding diaryl/α,β-unsaturated/α-hetero) is 1. The van der Waals surface area contributed by atoms with Crippen molar-refractivity contribution in [3.05, 3.63) is 79.9 Å². The lowest BCUT2D eigenvalue weighted by atomic mass is 10.1. The molecule has 2 heterocycles. The van der Waals surface area contributed by atoms with Gasteiger partial charge in [0.1, 0.15) is 0 Å². The van der Waals surface area contributed by atoms with E-state index in [0.29, 0.717) is 12.1 Å². The molecule has 8 heteroatoms. The molecule has 0 fully saturated rings.